The molecule has 2 heterocycles. The molecule has 6 nitrogen and oxygen atoms in total. The first-order valence-corrected chi connectivity index (χ1v) is 11.2. The summed E-state index contributed by atoms with van der Waals surface area (Å²) in [6.07, 6.45) is 0. The molecule has 0 saturated carbocycles. The first-order chi connectivity index (χ1) is 16.2. The number of carbonyl (C=O) groups excluding carboxylic acids is 1. The SMILES string of the molecule is Cc1ccccc1-c1nnc(-c2ccc(C(=O)N3CCN(Cc4ccccc4)CC3)cc2)o1. The zero-order valence-corrected chi connectivity index (χ0v) is 18.6. The Labute approximate surface area is 193 Å². The second-order valence-electron chi connectivity index (χ2n) is 8.36. The molecule has 0 aliphatic carbocycles. The van der Waals surface area contributed by atoms with Crippen LogP contribution in [0.5, 0.6) is 0 Å². The van der Waals surface area contributed by atoms with E-state index in [4.69, 9.17) is 4.42 Å². The van der Waals surface area contributed by atoms with Gasteiger partial charge in [0.15, 0.2) is 0 Å². The van der Waals surface area contributed by atoms with Gasteiger partial charge in [-0.05, 0) is 48.4 Å². The van der Waals surface area contributed by atoms with Gasteiger partial charge in [0.05, 0.1) is 0 Å². The van der Waals surface area contributed by atoms with Gasteiger partial charge in [-0.25, -0.2) is 0 Å². The molecule has 33 heavy (non-hydrogen) atoms. The van der Waals surface area contributed by atoms with Crippen molar-refractivity contribution in [1.82, 2.24) is 20.0 Å². The standard InChI is InChI=1S/C27H26N4O2/c1-20-7-5-6-10-24(20)26-29-28-25(33-26)22-11-13-23(14-12-22)27(32)31-17-15-30(16-18-31)19-21-8-3-2-4-9-21/h2-14H,15-19H2,1H3. The van der Waals surface area contributed by atoms with Gasteiger partial charge in [0.1, 0.15) is 0 Å². The molecule has 1 amide bonds. The average Bonchev–Trinajstić information content (AvgIpc) is 3.35. The fourth-order valence-corrected chi connectivity index (χ4v) is 4.15. The monoisotopic (exact) mass is 438 g/mol. The summed E-state index contributed by atoms with van der Waals surface area (Å²) in [5.74, 6) is 1.01. The molecule has 0 atom stereocenters. The van der Waals surface area contributed by atoms with Crippen LogP contribution >= 0.6 is 0 Å². The molecular weight excluding hydrogens is 412 g/mol. The van der Waals surface area contributed by atoms with Gasteiger partial charge in [0, 0.05) is 49.4 Å². The Morgan fingerprint density at radius 2 is 1.48 bits per heavy atom. The largest absolute Gasteiger partial charge is 0.416 e. The number of aromatic nitrogens is 2. The molecule has 0 unspecified atom stereocenters. The Hall–Kier alpha value is -3.77. The zero-order valence-electron chi connectivity index (χ0n) is 18.6. The van der Waals surface area contributed by atoms with E-state index in [0.717, 1.165) is 49.4 Å². The van der Waals surface area contributed by atoms with Crippen molar-refractivity contribution in [3.8, 4) is 22.9 Å². The second kappa shape index (κ2) is 9.38. The number of rotatable bonds is 5. The minimum Gasteiger partial charge on any atom is -0.416 e. The molecule has 1 saturated heterocycles. The highest BCUT2D eigenvalue weighted by atomic mass is 16.4. The maximum Gasteiger partial charge on any atom is 0.253 e. The fourth-order valence-electron chi connectivity index (χ4n) is 4.15. The Morgan fingerprint density at radius 3 is 2.21 bits per heavy atom. The third-order valence-electron chi connectivity index (χ3n) is 6.09. The molecule has 5 rings (SSSR count). The minimum atomic E-state index is 0.0621. The number of hydrogen-bond donors (Lipinski definition) is 0. The van der Waals surface area contributed by atoms with Gasteiger partial charge in [-0.3, -0.25) is 9.69 Å². The smallest absolute Gasteiger partial charge is 0.253 e. The van der Waals surface area contributed by atoms with Crippen LogP contribution in [-0.4, -0.2) is 52.1 Å². The quantitative estimate of drug-likeness (QED) is 0.453. The molecule has 1 aliphatic rings. The predicted molar refractivity (Wildman–Crippen MR) is 128 cm³/mol. The van der Waals surface area contributed by atoms with E-state index in [2.05, 4.69) is 39.4 Å². The van der Waals surface area contributed by atoms with Gasteiger partial charge in [-0.15, -0.1) is 10.2 Å². The van der Waals surface area contributed by atoms with Crippen molar-refractivity contribution in [3.05, 3.63) is 95.6 Å². The molecule has 4 aromatic rings. The Balaban J connectivity index is 1.21. The summed E-state index contributed by atoms with van der Waals surface area (Å²) < 4.78 is 5.89. The number of benzene rings is 3. The fraction of sp³-hybridized carbons (Fsp3) is 0.222. The van der Waals surface area contributed by atoms with Crippen molar-refractivity contribution in [2.45, 2.75) is 13.5 Å². The summed E-state index contributed by atoms with van der Waals surface area (Å²) in [7, 11) is 0. The molecule has 1 aliphatic heterocycles. The second-order valence-corrected chi connectivity index (χ2v) is 8.36. The predicted octanol–water partition coefficient (Wildman–Crippen LogP) is 4.67. The molecular formula is C27H26N4O2. The molecule has 0 bridgehead atoms. The van der Waals surface area contributed by atoms with Crippen LogP contribution in [-0.2, 0) is 6.54 Å². The van der Waals surface area contributed by atoms with Crippen molar-refractivity contribution in [2.75, 3.05) is 26.2 Å². The summed E-state index contributed by atoms with van der Waals surface area (Å²) in [6.45, 7) is 6.16. The molecule has 0 spiro atoms. The lowest BCUT2D eigenvalue weighted by Crippen LogP contribution is -2.48. The number of aryl methyl sites for hydroxylation is 1. The third kappa shape index (κ3) is 4.71. The number of carbonyl (C=O) groups is 1. The summed E-state index contributed by atoms with van der Waals surface area (Å²) in [4.78, 5) is 17.3. The van der Waals surface area contributed by atoms with Gasteiger partial charge >= 0.3 is 0 Å². The maximum absolute atomic E-state index is 13.0. The van der Waals surface area contributed by atoms with Crippen molar-refractivity contribution in [3.63, 3.8) is 0 Å². The van der Waals surface area contributed by atoms with Crippen LogP contribution in [0.15, 0.2) is 83.3 Å². The van der Waals surface area contributed by atoms with Gasteiger partial charge < -0.3 is 9.32 Å². The first kappa shape index (κ1) is 21.1. The number of amides is 1. The van der Waals surface area contributed by atoms with Crippen molar-refractivity contribution in [1.29, 1.82) is 0 Å². The summed E-state index contributed by atoms with van der Waals surface area (Å²) in [5.41, 5.74) is 4.78. The first-order valence-electron chi connectivity index (χ1n) is 11.2. The Bertz CT molecular complexity index is 1230. The maximum atomic E-state index is 13.0. The van der Waals surface area contributed by atoms with Gasteiger partial charge in [-0.2, -0.15) is 0 Å². The van der Waals surface area contributed by atoms with Crippen LogP contribution in [0.3, 0.4) is 0 Å². The van der Waals surface area contributed by atoms with E-state index in [0.29, 0.717) is 17.3 Å². The highest BCUT2D eigenvalue weighted by molar-refractivity contribution is 5.94. The molecule has 0 radical (unpaired) electrons. The number of nitrogens with zero attached hydrogens (tertiary/aromatic N) is 4. The average molecular weight is 439 g/mol. The topological polar surface area (TPSA) is 62.5 Å². The van der Waals surface area contributed by atoms with Gasteiger partial charge in [-0.1, -0.05) is 48.5 Å². The highest BCUT2D eigenvalue weighted by Crippen LogP contribution is 2.26. The van der Waals surface area contributed by atoms with Crippen LogP contribution in [0.4, 0.5) is 0 Å². The zero-order chi connectivity index (χ0) is 22.6. The van der Waals surface area contributed by atoms with E-state index in [1.807, 2.05) is 66.4 Å². The van der Waals surface area contributed by atoms with Gasteiger partial charge in [0.25, 0.3) is 5.91 Å². The number of hydrogen-bond acceptors (Lipinski definition) is 5. The molecule has 0 N–H and O–H groups in total. The summed E-state index contributed by atoms with van der Waals surface area (Å²) in [6, 6.07) is 25.8. The van der Waals surface area contributed by atoms with Gasteiger partial charge in [0.2, 0.25) is 11.8 Å². The molecule has 1 fully saturated rings. The lowest BCUT2D eigenvalue weighted by Gasteiger charge is -2.34. The van der Waals surface area contributed by atoms with Crippen LogP contribution in [0, 0.1) is 6.92 Å². The molecule has 1 aromatic heterocycles. The van der Waals surface area contributed by atoms with Crippen molar-refractivity contribution < 1.29 is 9.21 Å². The number of piperazine rings is 1. The highest BCUT2D eigenvalue weighted by Gasteiger charge is 2.22. The van der Waals surface area contributed by atoms with Crippen LogP contribution in [0.25, 0.3) is 22.9 Å². The van der Waals surface area contributed by atoms with Crippen molar-refractivity contribution in [2.24, 2.45) is 0 Å². The molecule has 166 valence electrons. The van der Waals surface area contributed by atoms with E-state index in [9.17, 15) is 4.79 Å². The minimum absolute atomic E-state index is 0.0621. The van der Waals surface area contributed by atoms with Crippen LogP contribution < -0.4 is 0 Å². The summed E-state index contributed by atoms with van der Waals surface area (Å²) >= 11 is 0. The van der Waals surface area contributed by atoms with E-state index < -0.39 is 0 Å². The Kier molecular flexibility index (Phi) is 6.00. The van der Waals surface area contributed by atoms with Crippen molar-refractivity contribution >= 4 is 5.91 Å². The normalized spacial score (nSPS) is 14.4. The molecule has 6 heteroatoms. The van der Waals surface area contributed by atoms with Crippen LogP contribution in [0.2, 0.25) is 0 Å². The van der Waals surface area contributed by atoms with E-state index >= 15 is 0 Å². The Morgan fingerprint density at radius 1 is 0.818 bits per heavy atom. The van der Waals surface area contributed by atoms with Crippen LogP contribution in [0.1, 0.15) is 21.5 Å². The van der Waals surface area contributed by atoms with E-state index in [1.54, 1.807) is 0 Å². The third-order valence-corrected chi connectivity index (χ3v) is 6.09. The lowest BCUT2D eigenvalue weighted by atomic mass is 10.1. The molecule has 3 aromatic carbocycles. The lowest BCUT2D eigenvalue weighted by molar-refractivity contribution is 0.0628. The summed E-state index contributed by atoms with van der Waals surface area (Å²) in [5, 5.41) is 8.39. The van der Waals surface area contributed by atoms with E-state index in [-0.39, 0.29) is 5.91 Å². The van der Waals surface area contributed by atoms with E-state index in [1.165, 1.54) is 5.56 Å².